The minimum absolute atomic E-state index is 0.136. The molecule has 6 heteroatoms. The maximum absolute atomic E-state index is 11.4. The summed E-state index contributed by atoms with van der Waals surface area (Å²) < 4.78 is 1.69. The number of benzene rings is 2. The van der Waals surface area contributed by atoms with Crippen LogP contribution in [0, 0.1) is 11.3 Å². The van der Waals surface area contributed by atoms with E-state index in [2.05, 4.69) is 5.10 Å². The fourth-order valence-electron chi connectivity index (χ4n) is 2.35. The van der Waals surface area contributed by atoms with Gasteiger partial charge in [-0.25, -0.2) is 4.68 Å². The van der Waals surface area contributed by atoms with E-state index in [0.29, 0.717) is 16.3 Å². The third-order valence-electron chi connectivity index (χ3n) is 3.57. The van der Waals surface area contributed by atoms with Crippen molar-refractivity contribution in [3.05, 3.63) is 77.0 Å². The molecule has 0 aliphatic carbocycles. The molecule has 2 N–H and O–H groups in total. The molecule has 122 valence electrons. The van der Waals surface area contributed by atoms with Crippen molar-refractivity contribution in [2.45, 2.75) is 0 Å². The number of rotatable bonds is 4. The van der Waals surface area contributed by atoms with Crippen molar-refractivity contribution in [1.29, 1.82) is 5.26 Å². The fraction of sp³-hybridized carbons (Fsp3) is 0. The van der Waals surface area contributed by atoms with Crippen molar-refractivity contribution < 1.29 is 4.79 Å². The number of nitriles is 1. The number of nitrogens with two attached hydrogens (primary N) is 1. The maximum atomic E-state index is 11.4. The third-order valence-corrected chi connectivity index (χ3v) is 3.82. The van der Waals surface area contributed by atoms with Gasteiger partial charge in [0.15, 0.2) is 0 Å². The van der Waals surface area contributed by atoms with Gasteiger partial charge in [-0.15, -0.1) is 0 Å². The zero-order chi connectivity index (χ0) is 17.8. The molecule has 1 aromatic heterocycles. The van der Waals surface area contributed by atoms with Crippen LogP contribution in [0.5, 0.6) is 0 Å². The first-order chi connectivity index (χ1) is 12.1. The molecule has 5 nitrogen and oxygen atoms in total. The van der Waals surface area contributed by atoms with E-state index in [1.54, 1.807) is 23.0 Å². The summed E-state index contributed by atoms with van der Waals surface area (Å²) in [4.78, 5) is 11.4. The van der Waals surface area contributed by atoms with Crippen LogP contribution in [-0.2, 0) is 4.79 Å². The number of aromatic nitrogens is 2. The van der Waals surface area contributed by atoms with Crippen molar-refractivity contribution in [3.8, 4) is 23.0 Å². The van der Waals surface area contributed by atoms with Crippen LogP contribution in [0.15, 0.2) is 66.4 Å². The molecule has 2 aromatic carbocycles. The lowest BCUT2D eigenvalue weighted by Gasteiger charge is -2.01. The molecule has 3 rings (SSSR count). The number of hydrogen-bond donors (Lipinski definition) is 1. The number of para-hydroxylation sites is 1. The predicted molar refractivity (Wildman–Crippen MR) is 96.8 cm³/mol. The monoisotopic (exact) mass is 348 g/mol. The van der Waals surface area contributed by atoms with Crippen LogP contribution >= 0.6 is 11.6 Å². The lowest BCUT2D eigenvalue weighted by molar-refractivity contribution is -0.114. The molecule has 0 aliphatic rings. The molecule has 0 fully saturated rings. The molecule has 1 heterocycles. The highest BCUT2D eigenvalue weighted by atomic mass is 35.5. The second kappa shape index (κ2) is 7.04. The minimum atomic E-state index is -0.781. The zero-order valence-electron chi connectivity index (χ0n) is 13.1. The Kier molecular flexibility index (Phi) is 4.64. The molecule has 0 saturated heterocycles. The van der Waals surface area contributed by atoms with Gasteiger partial charge in [-0.1, -0.05) is 41.9 Å². The summed E-state index contributed by atoms with van der Waals surface area (Å²) in [6, 6.07) is 18.5. The molecule has 3 aromatic rings. The third kappa shape index (κ3) is 3.60. The van der Waals surface area contributed by atoms with Gasteiger partial charge in [-0.05, 0) is 30.3 Å². The lowest BCUT2D eigenvalue weighted by Crippen LogP contribution is -2.12. The molecule has 0 spiro atoms. The molecule has 0 aliphatic heterocycles. The van der Waals surface area contributed by atoms with Crippen LogP contribution < -0.4 is 5.73 Å². The van der Waals surface area contributed by atoms with E-state index in [-0.39, 0.29) is 5.57 Å². The second-order valence-corrected chi connectivity index (χ2v) is 5.69. The number of halogens is 1. The van der Waals surface area contributed by atoms with E-state index < -0.39 is 5.91 Å². The maximum Gasteiger partial charge on any atom is 0.259 e. The molecule has 25 heavy (non-hydrogen) atoms. The van der Waals surface area contributed by atoms with Crippen LogP contribution in [0.1, 0.15) is 5.56 Å². The SMILES string of the molecule is N#CC(=Cc1cn(-c2ccccc2)nc1-c1ccc(Cl)cc1)C(N)=O. The van der Waals surface area contributed by atoms with Gasteiger partial charge in [-0.3, -0.25) is 4.79 Å². The Morgan fingerprint density at radius 3 is 2.44 bits per heavy atom. The van der Waals surface area contributed by atoms with Gasteiger partial charge in [0.25, 0.3) is 5.91 Å². The summed E-state index contributed by atoms with van der Waals surface area (Å²) >= 11 is 5.95. The normalized spacial score (nSPS) is 11.1. The molecule has 0 atom stereocenters. The molecular formula is C19H13ClN4O. The highest BCUT2D eigenvalue weighted by molar-refractivity contribution is 6.30. The standard InChI is InChI=1S/C19H13ClN4O/c20-16-8-6-13(7-9-16)18-15(10-14(11-21)19(22)25)12-24(23-18)17-4-2-1-3-5-17/h1-10,12H,(H2,22,25). The van der Waals surface area contributed by atoms with Gasteiger partial charge in [0.05, 0.1) is 11.4 Å². The number of carbonyl (C=O) groups is 1. The first kappa shape index (κ1) is 16.5. The Balaban J connectivity index is 2.18. The Morgan fingerprint density at radius 2 is 1.84 bits per heavy atom. The predicted octanol–water partition coefficient (Wildman–Crippen LogP) is 3.58. The topological polar surface area (TPSA) is 84.7 Å². The van der Waals surface area contributed by atoms with Crippen LogP contribution in [-0.4, -0.2) is 15.7 Å². The van der Waals surface area contributed by atoms with E-state index in [0.717, 1.165) is 11.3 Å². The quantitative estimate of drug-likeness (QED) is 0.577. The molecule has 1 amide bonds. The molecular weight excluding hydrogens is 336 g/mol. The van der Waals surface area contributed by atoms with Crippen LogP contribution in [0.4, 0.5) is 0 Å². The lowest BCUT2D eigenvalue weighted by atomic mass is 10.1. The van der Waals surface area contributed by atoms with Gasteiger partial charge in [0.1, 0.15) is 11.6 Å². The highest BCUT2D eigenvalue weighted by Crippen LogP contribution is 2.27. The largest absolute Gasteiger partial charge is 0.365 e. The van der Waals surface area contributed by atoms with Crippen molar-refractivity contribution in [1.82, 2.24) is 9.78 Å². The average molecular weight is 349 g/mol. The Bertz CT molecular complexity index is 983. The van der Waals surface area contributed by atoms with Crippen molar-refractivity contribution in [3.63, 3.8) is 0 Å². The summed E-state index contributed by atoms with van der Waals surface area (Å²) in [7, 11) is 0. The van der Waals surface area contributed by atoms with E-state index in [9.17, 15) is 4.79 Å². The highest BCUT2D eigenvalue weighted by Gasteiger charge is 2.13. The van der Waals surface area contributed by atoms with E-state index in [1.807, 2.05) is 48.5 Å². The molecule has 0 unspecified atom stereocenters. The number of primary amides is 1. The first-order valence-corrected chi connectivity index (χ1v) is 7.79. The first-order valence-electron chi connectivity index (χ1n) is 7.41. The Hall–Kier alpha value is -3.36. The van der Waals surface area contributed by atoms with Gasteiger partial charge in [-0.2, -0.15) is 10.4 Å². The molecule has 0 saturated carbocycles. The number of nitrogens with zero attached hydrogens (tertiary/aromatic N) is 3. The van der Waals surface area contributed by atoms with Crippen molar-refractivity contribution in [2.24, 2.45) is 5.73 Å². The van der Waals surface area contributed by atoms with Gasteiger partial charge < -0.3 is 5.73 Å². The van der Waals surface area contributed by atoms with Crippen molar-refractivity contribution in [2.75, 3.05) is 0 Å². The molecule has 0 radical (unpaired) electrons. The van der Waals surface area contributed by atoms with Gasteiger partial charge in [0.2, 0.25) is 0 Å². The molecule has 0 bridgehead atoms. The summed E-state index contributed by atoms with van der Waals surface area (Å²) in [6.07, 6.45) is 3.19. The minimum Gasteiger partial charge on any atom is -0.365 e. The van der Waals surface area contributed by atoms with E-state index in [4.69, 9.17) is 22.6 Å². The van der Waals surface area contributed by atoms with Gasteiger partial charge >= 0.3 is 0 Å². The Labute approximate surface area is 149 Å². The number of amides is 1. The summed E-state index contributed by atoms with van der Waals surface area (Å²) in [5.41, 5.74) is 8.01. The summed E-state index contributed by atoms with van der Waals surface area (Å²) in [5, 5.41) is 14.3. The zero-order valence-corrected chi connectivity index (χ0v) is 13.8. The number of hydrogen-bond acceptors (Lipinski definition) is 3. The van der Waals surface area contributed by atoms with E-state index >= 15 is 0 Å². The van der Waals surface area contributed by atoms with Crippen molar-refractivity contribution >= 4 is 23.6 Å². The average Bonchev–Trinajstić information content (AvgIpc) is 3.04. The van der Waals surface area contributed by atoms with Gasteiger partial charge in [0, 0.05) is 22.3 Å². The number of carbonyl (C=O) groups excluding carboxylic acids is 1. The van der Waals surface area contributed by atoms with E-state index in [1.165, 1.54) is 6.08 Å². The van der Waals surface area contributed by atoms with Crippen LogP contribution in [0.2, 0.25) is 5.02 Å². The smallest absolute Gasteiger partial charge is 0.259 e. The Morgan fingerprint density at radius 1 is 1.16 bits per heavy atom. The van der Waals surface area contributed by atoms with Crippen LogP contribution in [0.25, 0.3) is 23.0 Å². The summed E-state index contributed by atoms with van der Waals surface area (Å²) in [6.45, 7) is 0. The fourth-order valence-corrected chi connectivity index (χ4v) is 2.48. The second-order valence-electron chi connectivity index (χ2n) is 5.25. The van der Waals surface area contributed by atoms with Crippen LogP contribution in [0.3, 0.4) is 0 Å². The summed E-state index contributed by atoms with van der Waals surface area (Å²) in [5.74, 6) is -0.781.